The van der Waals surface area contributed by atoms with Crippen molar-refractivity contribution in [2.24, 2.45) is 5.14 Å². The molecule has 0 unspecified atom stereocenters. The number of anilines is 1. The van der Waals surface area contributed by atoms with Gasteiger partial charge in [0.15, 0.2) is 5.13 Å². The molecule has 0 saturated heterocycles. The lowest BCUT2D eigenvalue weighted by atomic mass is 10.1. The predicted molar refractivity (Wildman–Crippen MR) is 97.5 cm³/mol. The second kappa shape index (κ2) is 7.94. The van der Waals surface area contributed by atoms with Crippen LogP contribution in [-0.4, -0.2) is 31.8 Å². The molecule has 1 aromatic carbocycles. The lowest BCUT2D eigenvalue weighted by Crippen LogP contribution is -2.27. The van der Waals surface area contributed by atoms with Crippen LogP contribution in [0, 0.1) is 6.92 Å². The molecule has 1 heterocycles. The number of ether oxygens (including phenoxy) is 1. The van der Waals surface area contributed by atoms with E-state index in [0.717, 1.165) is 0 Å². The molecule has 140 valence electrons. The summed E-state index contributed by atoms with van der Waals surface area (Å²) in [5, 5.41) is 7.36. The maximum atomic E-state index is 12.2. The molecule has 1 aromatic heterocycles. The number of thiazole rings is 1. The molecule has 0 radical (unpaired) electrons. The molecule has 0 atom stereocenters. The SMILES string of the molecule is CCN(C(C)=O)c1nc(COC(=O)c2ccc(C)c(S(N)(=O)=O)c2)cs1. The third-order valence-electron chi connectivity index (χ3n) is 3.55. The number of primary sulfonamides is 1. The summed E-state index contributed by atoms with van der Waals surface area (Å²) in [6.07, 6.45) is 0. The van der Waals surface area contributed by atoms with E-state index in [9.17, 15) is 18.0 Å². The van der Waals surface area contributed by atoms with Gasteiger partial charge in [0, 0.05) is 18.8 Å². The van der Waals surface area contributed by atoms with Crippen molar-refractivity contribution in [2.45, 2.75) is 32.3 Å². The monoisotopic (exact) mass is 397 g/mol. The Kier molecular flexibility index (Phi) is 6.11. The highest BCUT2D eigenvalue weighted by molar-refractivity contribution is 7.89. The van der Waals surface area contributed by atoms with Crippen LogP contribution >= 0.6 is 11.3 Å². The van der Waals surface area contributed by atoms with Gasteiger partial charge >= 0.3 is 5.97 Å². The van der Waals surface area contributed by atoms with E-state index in [1.807, 2.05) is 6.92 Å². The van der Waals surface area contributed by atoms with Crippen molar-refractivity contribution in [1.29, 1.82) is 0 Å². The normalized spacial score (nSPS) is 11.2. The summed E-state index contributed by atoms with van der Waals surface area (Å²) in [6.45, 7) is 5.26. The van der Waals surface area contributed by atoms with Gasteiger partial charge in [-0.15, -0.1) is 11.3 Å². The first-order valence-electron chi connectivity index (χ1n) is 7.66. The van der Waals surface area contributed by atoms with E-state index in [2.05, 4.69) is 4.98 Å². The van der Waals surface area contributed by atoms with Gasteiger partial charge < -0.3 is 4.74 Å². The molecule has 0 bridgehead atoms. The van der Waals surface area contributed by atoms with E-state index in [1.165, 1.54) is 41.4 Å². The van der Waals surface area contributed by atoms with Crippen LogP contribution < -0.4 is 10.0 Å². The Hall–Kier alpha value is -2.30. The third-order valence-corrected chi connectivity index (χ3v) is 5.51. The Morgan fingerprint density at radius 3 is 2.62 bits per heavy atom. The van der Waals surface area contributed by atoms with Gasteiger partial charge in [0.25, 0.3) is 0 Å². The minimum atomic E-state index is -3.93. The largest absolute Gasteiger partial charge is 0.456 e. The van der Waals surface area contributed by atoms with Gasteiger partial charge in [-0.25, -0.2) is 23.3 Å². The summed E-state index contributed by atoms with van der Waals surface area (Å²) in [6, 6.07) is 4.14. The number of carbonyl (C=O) groups is 2. The fourth-order valence-corrected chi connectivity index (χ4v) is 3.96. The number of rotatable bonds is 6. The second-order valence-corrected chi connectivity index (χ2v) is 7.85. The number of aromatic nitrogens is 1. The minimum absolute atomic E-state index is 0.0778. The van der Waals surface area contributed by atoms with Crippen molar-refractivity contribution in [2.75, 3.05) is 11.4 Å². The summed E-state index contributed by atoms with van der Waals surface area (Å²) < 4.78 is 28.3. The first kappa shape index (κ1) is 20.0. The van der Waals surface area contributed by atoms with Crippen LogP contribution in [0.25, 0.3) is 0 Å². The van der Waals surface area contributed by atoms with E-state index in [-0.39, 0.29) is 23.0 Å². The lowest BCUT2D eigenvalue weighted by Gasteiger charge is -2.14. The zero-order valence-corrected chi connectivity index (χ0v) is 16.2. The van der Waals surface area contributed by atoms with Gasteiger partial charge in [-0.2, -0.15) is 0 Å². The summed E-state index contributed by atoms with van der Waals surface area (Å²) in [5.74, 6) is -0.816. The molecule has 26 heavy (non-hydrogen) atoms. The van der Waals surface area contributed by atoms with E-state index < -0.39 is 16.0 Å². The Balaban J connectivity index is 2.10. The fourth-order valence-electron chi connectivity index (χ4n) is 2.24. The molecule has 0 spiro atoms. The van der Waals surface area contributed by atoms with Crippen LogP contribution in [0.3, 0.4) is 0 Å². The molecule has 8 nitrogen and oxygen atoms in total. The Morgan fingerprint density at radius 1 is 1.35 bits per heavy atom. The van der Waals surface area contributed by atoms with Gasteiger partial charge in [0.05, 0.1) is 16.2 Å². The average molecular weight is 397 g/mol. The van der Waals surface area contributed by atoms with E-state index >= 15 is 0 Å². The highest BCUT2D eigenvalue weighted by Gasteiger charge is 2.17. The van der Waals surface area contributed by atoms with Crippen LogP contribution in [0.4, 0.5) is 5.13 Å². The molecule has 2 aromatic rings. The molecule has 0 aliphatic heterocycles. The third kappa shape index (κ3) is 4.65. The molecular formula is C16H19N3O5S2. The zero-order chi connectivity index (χ0) is 19.5. The quantitative estimate of drug-likeness (QED) is 0.743. The maximum Gasteiger partial charge on any atom is 0.338 e. The number of nitrogens with two attached hydrogens (primary N) is 1. The molecular weight excluding hydrogens is 378 g/mol. The van der Waals surface area contributed by atoms with Crippen molar-refractivity contribution >= 4 is 38.4 Å². The predicted octanol–water partition coefficient (Wildman–Crippen LogP) is 1.83. The number of esters is 1. The van der Waals surface area contributed by atoms with Crippen LogP contribution in [0.5, 0.6) is 0 Å². The Morgan fingerprint density at radius 2 is 2.04 bits per heavy atom. The van der Waals surface area contributed by atoms with Crippen LogP contribution in [0.1, 0.15) is 35.5 Å². The number of nitrogens with zero attached hydrogens (tertiary/aromatic N) is 2. The lowest BCUT2D eigenvalue weighted by molar-refractivity contribution is -0.116. The minimum Gasteiger partial charge on any atom is -0.456 e. The number of amides is 1. The van der Waals surface area contributed by atoms with Crippen LogP contribution in [0.15, 0.2) is 28.5 Å². The number of hydrogen-bond acceptors (Lipinski definition) is 7. The summed E-state index contributed by atoms with van der Waals surface area (Å²) in [7, 11) is -3.93. The topological polar surface area (TPSA) is 120 Å². The first-order chi connectivity index (χ1) is 12.1. The zero-order valence-electron chi connectivity index (χ0n) is 14.6. The highest BCUT2D eigenvalue weighted by atomic mass is 32.2. The van der Waals surface area contributed by atoms with Gasteiger partial charge in [0.2, 0.25) is 15.9 Å². The molecule has 2 rings (SSSR count). The number of carbonyl (C=O) groups excluding carboxylic acids is 2. The molecule has 0 saturated carbocycles. The number of sulfonamides is 1. The van der Waals surface area contributed by atoms with Crippen molar-refractivity contribution < 1.29 is 22.7 Å². The summed E-state index contributed by atoms with van der Waals surface area (Å²) >= 11 is 1.27. The molecule has 1 amide bonds. The Bertz CT molecular complexity index is 937. The molecule has 0 fully saturated rings. The van der Waals surface area contributed by atoms with Gasteiger partial charge in [-0.1, -0.05) is 6.07 Å². The van der Waals surface area contributed by atoms with E-state index in [1.54, 1.807) is 12.3 Å². The van der Waals surface area contributed by atoms with Gasteiger partial charge in [-0.3, -0.25) is 9.69 Å². The van der Waals surface area contributed by atoms with E-state index in [4.69, 9.17) is 9.88 Å². The van der Waals surface area contributed by atoms with Crippen molar-refractivity contribution in [3.8, 4) is 0 Å². The standard InChI is InChI=1S/C16H19N3O5S2/c1-4-19(11(3)20)16-18-13(9-25-16)8-24-15(21)12-6-5-10(2)14(7-12)26(17,22)23/h5-7,9H,4,8H2,1-3H3,(H2,17,22,23). The second-order valence-electron chi connectivity index (χ2n) is 5.49. The highest BCUT2D eigenvalue weighted by Crippen LogP contribution is 2.22. The van der Waals surface area contributed by atoms with Gasteiger partial charge in [0.1, 0.15) is 6.61 Å². The number of benzene rings is 1. The fraction of sp³-hybridized carbons (Fsp3) is 0.312. The van der Waals surface area contributed by atoms with Gasteiger partial charge in [-0.05, 0) is 31.5 Å². The molecule has 2 N–H and O–H groups in total. The molecule has 10 heteroatoms. The summed E-state index contributed by atoms with van der Waals surface area (Å²) in [5.41, 5.74) is 1.02. The number of hydrogen-bond donors (Lipinski definition) is 1. The smallest absolute Gasteiger partial charge is 0.338 e. The molecule has 0 aliphatic carbocycles. The van der Waals surface area contributed by atoms with Crippen molar-refractivity contribution in [1.82, 2.24) is 4.98 Å². The van der Waals surface area contributed by atoms with Crippen LogP contribution in [-0.2, 0) is 26.2 Å². The first-order valence-corrected chi connectivity index (χ1v) is 10.1. The molecule has 0 aliphatic rings. The Labute approximate surface area is 155 Å². The maximum absolute atomic E-state index is 12.2. The summed E-state index contributed by atoms with van der Waals surface area (Å²) in [4.78, 5) is 29.3. The number of aryl methyl sites for hydroxylation is 1. The van der Waals surface area contributed by atoms with Crippen LogP contribution in [0.2, 0.25) is 0 Å². The van der Waals surface area contributed by atoms with Crippen molar-refractivity contribution in [3.63, 3.8) is 0 Å². The average Bonchev–Trinajstić information content (AvgIpc) is 3.00. The van der Waals surface area contributed by atoms with E-state index in [0.29, 0.717) is 22.9 Å². The van der Waals surface area contributed by atoms with Crippen molar-refractivity contribution in [3.05, 3.63) is 40.4 Å².